The van der Waals surface area contributed by atoms with E-state index in [0.717, 1.165) is 0 Å². The van der Waals surface area contributed by atoms with Gasteiger partial charge in [-0.1, -0.05) is 6.92 Å². The van der Waals surface area contributed by atoms with Crippen molar-refractivity contribution < 1.29 is 23.0 Å². The molecular formula is C9H15F3O2. The molecule has 0 aromatic rings. The molecule has 84 valence electrons. The van der Waals surface area contributed by atoms with Gasteiger partial charge in [-0.05, 0) is 32.1 Å². The molecule has 2 nitrogen and oxygen atoms in total. The van der Waals surface area contributed by atoms with Gasteiger partial charge in [0.2, 0.25) is 0 Å². The van der Waals surface area contributed by atoms with E-state index in [9.17, 15) is 18.3 Å². The van der Waals surface area contributed by atoms with Crippen molar-refractivity contribution in [2.45, 2.75) is 57.1 Å². The summed E-state index contributed by atoms with van der Waals surface area (Å²) < 4.78 is 39.4. The van der Waals surface area contributed by atoms with E-state index in [1.165, 1.54) is 0 Å². The predicted octanol–water partition coefficient (Wildman–Crippen LogP) is 2.61. The summed E-state index contributed by atoms with van der Waals surface area (Å²) in [5, 5.41) is 9.76. The Labute approximate surface area is 81.1 Å². The van der Waals surface area contributed by atoms with Gasteiger partial charge < -0.3 is 5.11 Å². The highest BCUT2D eigenvalue weighted by Gasteiger charge is 2.38. The lowest BCUT2D eigenvalue weighted by atomic mass is 9.82. The predicted molar refractivity (Wildman–Crippen MR) is 44.6 cm³/mol. The summed E-state index contributed by atoms with van der Waals surface area (Å²) in [6.07, 6.45) is -3.39. The van der Waals surface area contributed by atoms with Crippen LogP contribution in [-0.2, 0) is 4.74 Å². The molecule has 1 saturated carbocycles. The average molecular weight is 212 g/mol. The van der Waals surface area contributed by atoms with Gasteiger partial charge in [-0.3, -0.25) is 4.74 Å². The first-order chi connectivity index (χ1) is 6.35. The molecule has 0 unspecified atom stereocenters. The number of hydrogen-bond acceptors (Lipinski definition) is 2. The van der Waals surface area contributed by atoms with Gasteiger partial charge in [0.05, 0.1) is 11.7 Å². The van der Waals surface area contributed by atoms with E-state index < -0.39 is 18.1 Å². The minimum Gasteiger partial charge on any atom is -0.390 e. The van der Waals surface area contributed by atoms with Crippen LogP contribution in [0.1, 0.15) is 39.0 Å². The van der Waals surface area contributed by atoms with Crippen LogP contribution in [0.5, 0.6) is 0 Å². The van der Waals surface area contributed by atoms with Gasteiger partial charge in [0.1, 0.15) is 0 Å². The molecule has 0 heterocycles. The van der Waals surface area contributed by atoms with Crippen LogP contribution in [0.15, 0.2) is 0 Å². The van der Waals surface area contributed by atoms with Crippen LogP contribution in [0, 0.1) is 0 Å². The van der Waals surface area contributed by atoms with Gasteiger partial charge in [0.25, 0.3) is 0 Å². The largest absolute Gasteiger partial charge is 0.522 e. The number of alkyl halides is 3. The summed E-state index contributed by atoms with van der Waals surface area (Å²) in [4.78, 5) is 0. The van der Waals surface area contributed by atoms with Crippen molar-refractivity contribution in [2.24, 2.45) is 0 Å². The van der Waals surface area contributed by atoms with Crippen molar-refractivity contribution in [2.75, 3.05) is 0 Å². The fourth-order valence-corrected chi connectivity index (χ4v) is 1.79. The van der Waals surface area contributed by atoms with Crippen molar-refractivity contribution in [3.05, 3.63) is 0 Å². The second-order valence-corrected chi connectivity index (χ2v) is 3.84. The van der Waals surface area contributed by atoms with Crippen molar-refractivity contribution in [1.82, 2.24) is 0 Å². The second kappa shape index (κ2) is 4.06. The SMILES string of the molecule is CCC1(O)CCC(OC(F)(F)F)CC1. The first-order valence-electron chi connectivity index (χ1n) is 4.81. The second-order valence-electron chi connectivity index (χ2n) is 3.84. The average Bonchev–Trinajstić information content (AvgIpc) is 2.07. The fraction of sp³-hybridized carbons (Fsp3) is 1.00. The molecule has 0 amide bonds. The molecule has 1 rings (SSSR count). The topological polar surface area (TPSA) is 29.5 Å². The molecule has 0 aromatic heterocycles. The lowest BCUT2D eigenvalue weighted by molar-refractivity contribution is -0.347. The minimum atomic E-state index is -4.55. The monoisotopic (exact) mass is 212 g/mol. The Morgan fingerprint density at radius 1 is 1.36 bits per heavy atom. The van der Waals surface area contributed by atoms with Gasteiger partial charge in [-0.2, -0.15) is 0 Å². The van der Waals surface area contributed by atoms with Crippen LogP contribution in [0.4, 0.5) is 13.2 Å². The van der Waals surface area contributed by atoms with Gasteiger partial charge >= 0.3 is 6.36 Å². The Hall–Kier alpha value is -0.290. The Kier molecular flexibility index (Phi) is 3.42. The minimum absolute atomic E-state index is 0.282. The van der Waals surface area contributed by atoms with Gasteiger partial charge in [0.15, 0.2) is 0 Å². The molecule has 1 N–H and O–H groups in total. The summed E-state index contributed by atoms with van der Waals surface area (Å²) in [7, 11) is 0. The third-order valence-electron chi connectivity index (χ3n) is 2.82. The zero-order valence-electron chi connectivity index (χ0n) is 8.10. The molecule has 1 aliphatic carbocycles. The van der Waals surface area contributed by atoms with Crippen LogP contribution in [0.3, 0.4) is 0 Å². The Balaban J connectivity index is 2.36. The van der Waals surface area contributed by atoms with E-state index in [-0.39, 0.29) is 12.8 Å². The molecule has 1 aliphatic rings. The summed E-state index contributed by atoms with van der Waals surface area (Å²) in [5.74, 6) is 0. The molecule has 0 aliphatic heterocycles. The summed E-state index contributed by atoms with van der Waals surface area (Å²) in [5.41, 5.74) is -0.772. The zero-order chi connectivity index (χ0) is 10.8. The third kappa shape index (κ3) is 3.46. The maximum Gasteiger partial charge on any atom is 0.522 e. The molecule has 0 aromatic carbocycles. The van der Waals surface area contributed by atoms with Crippen LogP contribution in [-0.4, -0.2) is 23.2 Å². The highest BCUT2D eigenvalue weighted by atomic mass is 19.4. The molecule has 0 saturated heterocycles. The van der Waals surface area contributed by atoms with E-state index in [1.54, 1.807) is 0 Å². The number of aliphatic hydroxyl groups is 1. The molecule has 1 fully saturated rings. The van der Waals surface area contributed by atoms with E-state index >= 15 is 0 Å². The maximum absolute atomic E-state index is 11.8. The number of ether oxygens (including phenoxy) is 1. The lowest BCUT2D eigenvalue weighted by Gasteiger charge is -2.35. The smallest absolute Gasteiger partial charge is 0.390 e. The van der Waals surface area contributed by atoms with Crippen molar-refractivity contribution >= 4 is 0 Å². The summed E-state index contributed by atoms with van der Waals surface area (Å²) in [6.45, 7) is 1.84. The standard InChI is InChI=1S/C9H15F3O2/c1-2-8(13)5-3-7(4-6-8)14-9(10,11)12/h7,13H,2-6H2,1H3. The van der Waals surface area contributed by atoms with E-state index in [2.05, 4.69) is 4.74 Å². The highest BCUT2D eigenvalue weighted by molar-refractivity contribution is 4.84. The third-order valence-corrected chi connectivity index (χ3v) is 2.82. The molecule has 0 spiro atoms. The van der Waals surface area contributed by atoms with E-state index in [4.69, 9.17) is 0 Å². The van der Waals surface area contributed by atoms with E-state index in [0.29, 0.717) is 19.3 Å². The zero-order valence-corrected chi connectivity index (χ0v) is 8.10. The van der Waals surface area contributed by atoms with Crippen LogP contribution >= 0.6 is 0 Å². The fourth-order valence-electron chi connectivity index (χ4n) is 1.79. The first-order valence-corrected chi connectivity index (χ1v) is 4.81. The maximum atomic E-state index is 11.8. The normalized spacial score (nSPS) is 34.5. The number of rotatable bonds is 2. The molecular weight excluding hydrogens is 197 g/mol. The summed E-state index contributed by atoms with van der Waals surface area (Å²) in [6, 6.07) is 0. The van der Waals surface area contributed by atoms with Crippen molar-refractivity contribution in [1.29, 1.82) is 0 Å². The summed E-state index contributed by atoms with van der Waals surface area (Å²) >= 11 is 0. The molecule has 5 heteroatoms. The molecule has 14 heavy (non-hydrogen) atoms. The van der Waals surface area contributed by atoms with E-state index in [1.807, 2.05) is 6.92 Å². The Morgan fingerprint density at radius 3 is 2.21 bits per heavy atom. The van der Waals surface area contributed by atoms with Crippen LogP contribution in [0.2, 0.25) is 0 Å². The van der Waals surface area contributed by atoms with Gasteiger partial charge in [0, 0.05) is 0 Å². The highest BCUT2D eigenvalue weighted by Crippen LogP contribution is 2.34. The molecule has 0 bridgehead atoms. The quantitative estimate of drug-likeness (QED) is 0.762. The number of halogens is 3. The molecule has 0 atom stereocenters. The van der Waals surface area contributed by atoms with Crippen LogP contribution < -0.4 is 0 Å². The van der Waals surface area contributed by atoms with Crippen molar-refractivity contribution in [3.63, 3.8) is 0 Å². The van der Waals surface area contributed by atoms with Gasteiger partial charge in [-0.25, -0.2) is 0 Å². The molecule has 0 radical (unpaired) electrons. The van der Waals surface area contributed by atoms with Gasteiger partial charge in [-0.15, -0.1) is 13.2 Å². The van der Waals surface area contributed by atoms with Crippen LogP contribution in [0.25, 0.3) is 0 Å². The Bertz CT molecular complexity index is 183. The lowest BCUT2D eigenvalue weighted by Crippen LogP contribution is -2.37. The number of hydrogen-bond donors (Lipinski definition) is 1. The Morgan fingerprint density at radius 2 is 1.86 bits per heavy atom. The van der Waals surface area contributed by atoms with Crippen molar-refractivity contribution in [3.8, 4) is 0 Å². The first kappa shape index (κ1) is 11.8.